The molecule has 0 aliphatic rings. The monoisotopic (exact) mass is 539 g/mol. The lowest BCUT2D eigenvalue weighted by molar-refractivity contribution is -0.140. The average Bonchev–Trinajstić information content (AvgIpc) is 2.85. The molecule has 0 radical (unpaired) electrons. The Labute approximate surface area is 224 Å². The second-order valence-electron chi connectivity index (χ2n) is 9.36. The van der Waals surface area contributed by atoms with E-state index in [1.807, 2.05) is 50.2 Å². The van der Waals surface area contributed by atoms with Crippen LogP contribution in [0.3, 0.4) is 0 Å². The van der Waals surface area contributed by atoms with Gasteiger partial charge in [0.2, 0.25) is 21.8 Å². The molecular weight excluding hydrogens is 505 g/mol. The Morgan fingerprint density at radius 2 is 1.53 bits per heavy atom. The van der Waals surface area contributed by atoms with E-state index in [4.69, 9.17) is 0 Å². The Kier molecular flexibility index (Phi) is 9.63. The van der Waals surface area contributed by atoms with Gasteiger partial charge in [-0.3, -0.25) is 13.9 Å². The molecule has 202 valence electrons. The number of benzene rings is 3. The first kappa shape index (κ1) is 28.8. The number of aryl methyl sites for hydroxylation is 2. The minimum Gasteiger partial charge on any atom is -0.355 e. The van der Waals surface area contributed by atoms with Crippen LogP contribution in [0.15, 0.2) is 72.8 Å². The van der Waals surface area contributed by atoms with Crippen molar-refractivity contribution in [2.45, 2.75) is 39.8 Å². The molecule has 0 heterocycles. The highest BCUT2D eigenvalue weighted by Gasteiger charge is 2.33. The van der Waals surface area contributed by atoms with Gasteiger partial charge in [0.25, 0.3) is 0 Å². The number of rotatable bonds is 11. The molecular formula is C29H34FN3O4S. The lowest BCUT2D eigenvalue weighted by Gasteiger charge is -2.33. The Morgan fingerprint density at radius 1 is 0.921 bits per heavy atom. The standard InChI is InChI=1S/C29H34FN3O4S/c1-5-31-29(35)27(18-23-9-7-6-8-10-23)32(19-24-11-13-25(30)14-12-24)28(34)20-33(38(4,36)37)26-16-21(2)15-22(3)17-26/h6-17,27H,5,18-20H2,1-4H3,(H,31,35)/t27-/m0/s1. The summed E-state index contributed by atoms with van der Waals surface area (Å²) in [4.78, 5) is 28.6. The molecule has 1 N–H and O–H groups in total. The van der Waals surface area contributed by atoms with Crippen molar-refractivity contribution in [3.05, 3.63) is 101 Å². The third-order valence-corrected chi connectivity index (χ3v) is 7.20. The van der Waals surface area contributed by atoms with Crippen LogP contribution in [0, 0.1) is 19.7 Å². The van der Waals surface area contributed by atoms with Gasteiger partial charge in [0.15, 0.2) is 0 Å². The van der Waals surface area contributed by atoms with Crippen molar-refractivity contribution in [2.75, 3.05) is 23.7 Å². The third-order valence-electron chi connectivity index (χ3n) is 6.06. The van der Waals surface area contributed by atoms with Crippen LogP contribution in [0.2, 0.25) is 0 Å². The first-order valence-corrected chi connectivity index (χ1v) is 14.2. The van der Waals surface area contributed by atoms with Crippen LogP contribution >= 0.6 is 0 Å². The lowest BCUT2D eigenvalue weighted by Crippen LogP contribution is -2.53. The van der Waals surface area contributed by atoms with Gasteiger partial charge in [0, 0.05) is 19.5 Å². The molecule has 0 bridgehead atoms. The molecule has 2 amide bonds. The molecule has 0 aliphatic carbocycles. The molecule has 3 rings (SSSR count). The van der Waals surface area contributed by atoms with E-state index < -0.39 is 34.3 Å². The number of anilines is 1. The molecule has 0 unspecified atom stereocenters. The minimum absolute atomic E-state index is 0.00179. The number of carbonyl (C=O) groups excluding carboxylic acids is 2. The first-order valence-electron chi connectivity index (χ1n) is 12.4. The van der Waals surface area contributed by atoms with E-state index >= 15 is 0 Å². The summed E-state index contributed by atoms with van der Waals surface area (Å²) in [6.45, 7) is 5.36. The lowest BCUT2D eigenvalue weighted by atomic mass is 10.0. The van der Waals surface area contributed by atoms with Gasteiger partial charge in [-0.1, -0.05) is 48.5 Å². The predicted octanol–water partition coefficient (Wildman–Crippen LogP) is 3.98. The van der Waals surface area contributed by atoms with Gasteiger partial charge in [0.05, 0.1) is 11.9 Å². The van der Waals surface area contributed by atoms with Crippen LogP contribution in [-0.2, 0) is 32.6 Å². The van der Waals surface area contributed by atoms with E-state index in [2.05, 4.69) is 5.32 Å². The van der Waals surface area contributed by atoms with Crippen LogP contribution < -0.4 is 9.62 Å². The van der Waals surface area contributed by atoms with Crippen molar-refractivity contribution in [1.82, 2.24) is 10.2 Å². The van der Waals surface area contributed by atoms with E-state index in [1.165, 1.54) is 17.0 Å². The Hall–Kier alpha value is -3.72. The zero-order chi connectivity index (χ0) is 27.9. The fraction of sp³-hybridized carbons (Fsp3) is 0.310. The molecule has 38 heavy (non-hydrogen) atoms. The number of nitrogens with zero attached hydrogens (tertiary/aromatic N) is 2. The smallest absolute Gasteiger partial charge is 0.244 e. The van der Waals surface area contributed by atoms with Crippen molar-refractivity contribution >= 4 is 27.5 Å². The summed E-state index contributed by atoms with van der Waals surface area (Å²) in [5.74, 6) is -1.33. The predicted molar refractivity (Wildman–Crippen MR) is 148 cm³/mol. The molecule has 0 spiro atoms. The second-order valence-corrected chi connectivity index (χ2v) is 11.3. The maximum atomic E-state index is 13.9. The average molecular weight is 540 g/mol. The fourth-order valence-electron chi connectivity index (χ4n) is 4.34. The number of halogens is 1. The van der Waals surface area contributed by atoms with Gasteiger partial charge in [-0.05, 0) is 67.3 Å². The molecule has 7 nitrogen and oxygen atoms in total. The number of amides is 2. The SMILES string of the molecule is CCNC(=O)[C@H](Cc1ccccc1)N(Cc1ccc(F)cc1)C(=O)CN(c1cc(C)cc(C)c1)S(C)(=O)=O. The van der Waals surface area contributed by atoms with Gasteiger partial charge in [-0.15, -0.1) is 0 Å². The van der Waals surface area contributed by atoms with Crippen LogP contribution in [0.25, 0.3) is 0 Å². The number of carbonyl (C=O) groups is 2. The maximum absolute atomic E-state index is 13.9. The largest absolute Gasteiger partial charge is 0.355 e. The minimum atomic E-state index is -3.84. The quantitative estimate of drug-likeness (QED) is 0.399. The summed E-state index contributed by atoms with van der Waals surface area (Å²) in [7, 11) is -3.84. The maximum Gasteiger partial charge on any atom is 0.244 e. The highest BCUT2D eigenvalue weighted by Crippen LogP contribution is 2.23. The second kappa shape index (κ2) is 12.7. The van der Waals surface area contributed by atoms with Crippen molar-refractivity contribution in [1.29, 1.82) is 0 Å². The van der Waals surface area contributed by atoms with E-state index in [0.29, 0.717) is 17.8 Å². The molecule has 3 aromatic rings. The van der Waals surface area contributed by atoms with Crippen molar-refractivity contribution < 1.29 is 22.4 Å². The normalized spacial score (nSPS) is 12.0. The molecule has 0 saturated heterocycles. The van der Waals surface area contributed by atoms with Crippen LogP contribution in [0.5, 0.6) is 0 Å². The van der Waals surface area contributed by atoms with Crippen LogP contribution in [-0.4, -0.2) is 50.5 Å². The topological polar surface area (TPSA) is 86.8 Å². The Morgan fingerprint density at radius 3 is 2.08 bits per heavy atom. The number of sulfonamides is 1. The summed E-state index contributed by atoms with van der Waals surface area (Å²) in [5.41, 5.74) is 3.54. The molecule has 9 heteroatoms. The number of likely N-dealkylation sites (N-methyl/N-ethyl adjacent to an activating group) is 1. The summed E-state index contributed by atoms with van der Waals surface area (Å²) in [6, 6.07) is 19.4. The van der Waals surface area contributed by atoms with Gasteiger partial charge < -0.3 is 10.2 Å². The van der Waals surface area contributed by atoms with Crippen LogP contribution in [0.1, 0.15) is 29.2 Å². The zero-order valence-corrected chi connectivity index (χ0v) is 23.0. The fourth-order valence-corrected chi connectivity index (χ4v) is 5.17. The molecule has 3 aromatic carbocycles. The van der Waals surface area contributed by atoms with Crippen molar-refractivity contribution in [3.63, 3.8) is 0 Å². The number of hydrogen-bond donors (Lipinski definition) is 1. The summed E-state index contributed by atoms with van der Waals surface area (Å²) < 4.78 is 40.3. The van der Waals surface area contributed by atoms with E-state index in [-0.39, 0.29) is 18.9 Å². The Bertz CT molecular complexity index is 1340. The molecule has 0 fully saturated rings. The zero-order valence-electron chi connectivity index (χ0n) is 22.1. The van der Waals surface area contributed by atoms with E-state index in [9.17, 15) is 22.4 Å². The molecule has 0 aromatic heterocycles. The number of hydrogen-bond acceptors (Lipinski definition) is 4. The highest BCUT2D eigenvalue weighted by molar-refractivity contribution is 7.92. The van der Waals surface area contributed by atoms with Gasteiger partial charge >= 0.3 is 0 Å². The third kappa shape index (κ3) is 7.89. The van der Waals surface area contributed by atoms with Crippen molar-refractivity contribution in [3.8, 4) is 0 Å². The highest BCUT2D eigenvalue weighted by atomic mass is 32.2. The Balaban J connectivity index is 2.05. The van der Waals surface area contributed by atoms with Gasteiger partial charge in [-0.2, -0.15) is 0 Å². The van der Waals surface area contributed by atoms with Crippen molar-refractivity contribution in [2.24, 2.45) is 0 Å². The molecule has 0 saturated carbocycles. The summed E-state index contributed by atoms with van der Waals surface area (Å²) in [5, 5.41) is 2.80. The number of nitrogens with one attached hydrogen (secondary N) is 1. The van der Waals surface area contributed by atoms with E-state index in [0.717, 1.165) is 27.3 Å². The van der Waals surface area contributed by atoms with Crippen LogP contribution in [0.4, 0.5) is 10.1 Å². The summed E-state index contributed by atoms with van der Waals surface area (Å²) >= 11 is 0. The molecule has 0 aliphatic heterocycles. The first-order chi connectivity index (χ1) is 18.0. The summed E-state index contributed by atoms with van der Waals surface area (Å²) in [6.07, 6.45) is 1.27. The van der Waals surface area contributed by atoms with Gasteiger partial charge in [-0.25, -0.2) is 12.8 Å². The van der Waals surface area contributed by atoms with Gasteiger partial charge in [0.1, 0.15) is 18.4 Å². The molecule has 1 atom stereocenters. The van der Waals surface area contributed by atoms with E-state index in [1.54, 1.807) is 31.2 Å².